The van der Waals surface area contributed by atoms with E-state index in [0.29, 0.717) is 24.5 Å². The number of hydrogen-bond acceptors (Lipinski definition) is 2. The zero-order valence-corrected chi connectivity index (χ0v) is 14.1. The molecule has 1 aromatic rings. The molecule has 3 nitrogen and oxygen atoms in total. The zero-order chi connectivity index (χ0) is 15.5. The predicted molar refractivity (Wildman–Crippen MR) is 89.9 cm³/mol. The number of piperidine rings is 1. The Morgan fingerprint density at radius 3 is 2.59 bits per heavy atom. The highest BCUT2D eigenvalue weighted by atomic mass is 35.5. The van der Waals surface area contributed by atoms with Gasteiger partial charge in [-0.15, -0.1) is 0 Å². The van der Waals surface area contributed by atoms with Gasteiger partial charge in [-0.3, -0.25) is 9.69 Å². The van der Waals surface area contributed by atoms with Crippen molar-refractivity contribution in [2.75, 3.05) is 13.1 Å². The minimum Gasteiger partial charge on any atom is -0.339 e. The Morgan fingerprint density at radius 1 is 1.23 bits per heavy atom. The van der Waals surface area contributed by atoms with Crippen molar-refractivity contribution in [2.24, 2.45) is 0 Å². The van der Waals surface area contributed by atoms with Gasteiger partial charge in [0.2, 0.25) is 5.91 Å². The molecule has 0 N–H and O–H groups in total. The number of halogens is 1. The molecule has 0 radical (unpaired) electrons. The zero-order valence-electron chi connectivity index (χ0n) is 13.3. The van der Waals surface area contributed by atoms with E-state index in [1.54, 1.807) is 0 Å². The van der Waals surface area contributed by atoms with Gasteiger partial charge in [0.15, 0.2) is 0 Å². The summed E-state index contributed by atoms with van der Waals surface area (Å²) >= 11 is 5.95. The van der Waals surface area contributed by atoms with Crippen LogP contribution in [0.4, 0.5) is 0 Å². The summed E-state index contributed by atoms with van der Waals surface area (Å²) in [7, 11) is 0. The summed E-state index contributed by atoms with van der Waals surface area (Å²) in [4.78, 5) is 17.1. The van der Waals surface area contributed by atoms with Crippen LogP contribution in [0.25, 0.3) is 0 Å². The molecule has 1 aliphatic heterocycles. The highest BCUT2D eigenvalue weighted by Crippen LogP contribution is 2.29. The molecule has 1 heterocycles. The molecule has 1 aliphatic carbocycles. The fourth-order valence-electron chi connectivity index (χ4n) is 3.31. The number of benzene rings is 1. The number of carbonyl (C=O) groups is 1. The van der Waals surface area contributed by atoms with E-state index >= 15 is 0 Å². The van der Waals surface area contributed by atoms with E-state index in [1.165, 1.54) is 24.8 Å². The Morgan fingerprint density at radius 2 is 1.95 bits per heavy atom. The van der Waals surface area contributed by atoms with Crippen LogP contribution in [-0.4, -0.2) is 40.9 Å². The summed E-state index contributed by atoms with van der Waals surface area (Å²) in [5.41, 5.74) is 1.23. The minimum atomic E-state index is 0.299. The summed E-state index contributed by atoms with van der Waals surface area (Å²) in [6.45, 7) is 4.50. The highest BCUT2D eigenvalue weighted by molar-refractivity contribution is 6.30. The Labute approximate surface area is 138 Å². The first kappa shape index (κ1) is 15.8. The molecule has 1 unspecified atom stereocenters. The number of carbonyl (C=O) groups excluding carboxylic acids is 1. The second-order valence-corrected chi connectivity index (χ2v) is 7.13. The number of amides is 1. The molecule has 120 valence electrons. The molecule has 3 rings (SSSR count). The van der Waals surface area contributed by atoms with Gasteiger partial charge in [0.05, 0.1) is 6.54 Å². The van der Waals surface area contributed by atoms with Gasteiger partial charge in [0.1, 0.15) is 0 Å². The van der Waals surface area contributed by atoms with Gasteiger partial charge in [-0.25, -0.2) is 0 Å². The van der Waals surface area contributed by atoms with E-state index in [9.17, 15) is 4.79 Å². The average Bonchev–Trinajstić information content (AvgIpc) is 3.34. The third-order valence-corrected chi connectivity index (χ3v) is 5.08. The van der Waals surface area contributed by atoms with Crippen LogP contribution in [-0.2, 0) is 11.3 Å². The maximum absolute atomic E-state index is 12.7. The van der Waals surface area contributed by atoms with Gasteiger partial charge in [0.25, 0.3) is 0 Å². The summed E-state index contributed by atoms with van der Waals surface area (Å²) in [5.74, 6) is 0.299. The molecular weight excluding hydrogens is 296 g/mol. The van der Waals surface area contributed by atoms with Crippen LogP contribution in [0.15, 0.2) is 24.3 Å². The summed E-state index contributed by atoms with van der Waals surface area (Å²) in [5, 5.41) is 0.764. The van der Waals surface area contributed by atoms with Gasteiger partial charge in [-0.1, -0.05) is 23.7 Å². The molecule has 2 aliphatic rings. The molecule has 1 saturated heterocycles. The van der Waals surface area contributed by atoms with Crippen molar-refractivity contribution in [2.45, 2.75) is 57.7 Å². The van der Waals surface area contributed by atoms with Gasteiger partial charge in [-0.2, -0.15) is 0 Å². The van der Waals surface area contributed by atoms with Crippen molar-refractivity contribution in [3.05, 3.63) is 34.9 Å². The van der Waals surface area contributed by atoms with E-state index in [2.05, 4.69) is 28.9 Å². The van der Waals surface area contributed by atoms with Crippen LogP contribution in [0.3, 0.4) is 0 Å². The third-order valence-electron chi connectivity index (χ3n) is 4.82. The van der Waals surface area contributed by atoms with E-state index in [0.717, 1.165) is 31.0 Å². The molecule has 1 amide bonds. The van der Waals surface area contributed by atoms with Crippen molar-refractivity contribution >= 4 is 17.5 Å². The Bertz CT molecular complexity index is 512. The third kappa shape index (κ3) is 4.02. The highest BCUT2D eigenvalue weighted by Gasteiger charge is 2.32. The lowest BCUT2D eigenvalue weighted by Crippen LogP contribution is -2.47. The van der Waals surface area contributed by atoms with Gasteiger partial charge >= 0.3 is 0 Å². The van der Waals surface area contributed by atoms with E-state index in [1.807, 2.05) is 12.1 Å². The van der Waals surface area contributed by atoms with Crippen molar-refractivity contribution in [3.8, 4) is 0 Å². The van der Waals surface area contributed by atoms with Crippen LogP contribution in [0.2, 0.25) is 5.02 Å². The second kappa shape index (κ2) is 7.01. The van der Waals surface area contributed by atoms with Crippen LogP contribution < -0.4 is 0 Å². The molecule has 4 heteroatoms. The minimum absolute atomic E-state index is 0.299. The molecule has 0 aromatic heterocycles. The summed E-state index contributed by atoms with van der Waals surface area (Å²) in [6.07, 6.45) is 5.98. The number of nitrogens with zero attached hydrogens (tertiary/aromatic N) is 2. The molecule has 2 fully saturated rings. The Balaban J connectivity index is 1.61. The fourth-order valence-corrected chi connectivity index (χ4v) is 3.44. The van der Waals surface area contributed by atoms with E-state index in [4.69, 9.17) is 11.6 Å². The topological polar surface area (TPSA) is 23.6 Å². The largest absolute Gasteiger partial charge is 0.339 e. The number of likely N-dealkylation sites (tertiary alicyclic amines) is 1. The summed E-state index contributed by atoms with van der Waals surface area (Å²) in [6, 6.07) is 8.96. The first-order valence-corrected chi connectivity index (χ1v) is 8.79. The maximum atomic E-state index is 12.7. The van der Waals surface area contributed by atoms with Crippen LogP contribution in [0, 0.1) is 0 Å². The van der Waals surface area contributed by atoms with Crippen LogP contribution >= 0.6 is 11.6 Å². The molecule has 1 saturated carbocycles. The van der Waals surface area contributed by atoms with Crippen molar-refractivity contribution < 1.29 is 4.79 Å². The molecular formula is C18H25ClN2O. The molecule has 1 aromatic carbocycles. The fraction of sp³-hybridized carbons (Fsp3) is 0.611. The van der Waals surface area contributed by atoms with Crippen molar-refractivity contribution in [3.63, 3.8) is 0 Å². The van der Waals surface area contributed by atoms with Crippen LogP contribution in [0.1, 0.15) is 44.6 Å². The lowest BCUT2D eigenvalue weighted by molar-refractivity contribution is -0.136. The predicted octanol–water partition coefficient (Wildman–Crippen LogP) is 3.71. The second-order valence-electron chi connectivity index (χ2n) is 6.69. The van der Waals surface area contributed by atoms with Gasteiger partial charge in [0, 0.05) is 30.2 Å². The van der Waals surface area contributed by atoms with Crippen LogP contribution in [0.5, 0.6) is 0 Å². The Kier molecular flexibility index (Phi) is 5.04. The normalized spacial score (nSPS) is 22.1. The quantitative estimate of drug-likeness (QED) is 0.825. The monoisotopic (exact) mass is 320 g/mol. The lowest BCUT2D eigenvalue weighted by atomic mass is 10.0. The van der Waals surface area contributed by atoms with Gasteiger partial charge in [-0.05, 0) is 56.7 Å². The summed E-state index contributed by atoms with van der Waals surface area (Å²) < 4.78 is 0. The smallest absolute Gasteiger partial charge is 0.237 e. The average molecular weight is 321 g/mol. The molecule has 1 atom stereocenters. The number of hydrogen-bond donors (Lipinski definition) is 0. The van der Waals surface area contributed by atoms with Crippen molar-refractivity contribution in [1.82, 2.24) is 9.80 Å². The first-order chi connectivity index (χ1) is 10.6. The van der Waals surface area contributed by atoms with E-state index in [-0.39, 0.29) is 0 Å². The molecule has 22 heavy (non-hydrogen) atoms. The van der Waals surface area contributed by atoms with Crippen molar-refractivity contribution in [1.29, 1.82) is 0 Å². The Hall–Kier alpha value is -1.06. The molecule has 0 bridgehead atoms. The lowest BCUT2D eigenvalue weighted by Gasteiger charge is -2.35. The SMILES string of the molecule is CC1CCCCN1C(=O)CN(Cc1ccc(Cl)cc1)C1CC1. The number of rotatable bonds is 5. The maximum Gasteiger partial charge on any atom is 0.237 e. The van der Waals surface area contributed by atoms with E-state index < -0.39 is 0 Å². The molecule has 0 spiro atoms. The van der Waals surface area contributed by atoms with Gasteiger partial charge < -0.3 is 4.90 Å². The first-order valence-electron chi connectivity index (χ1n) is 8.41. The standard InChI is InChI=1S/C18H25ClN2O/c1-14-4-2-3-11-21(14)18(22)13-20(17-9-10-17)12-15-5-7-16(19)8-6-15/h5-8,14,17H,2-4,9-13H2,1H3.